The van der Waals surface area contributed by atoms with Gasteiger partial charge in [-0.05, 0) is 43.2 Å². The second-order valence-electron chi connectivity index (χ2n) is 5.80. The number of anilines is 1. The molecule has 1 N–H and O–H groups in total. The number of amides is 1. The maximum Gasteiger partial charge on any atom is 0.227 e. The first-order valence-electron chi connectivity index (χ1n) is 7.67. The molecule has 4 nitrogen and oxygen atoms in total. The van der Waals surface area contributed by atoms with Gasteiger partial charge in [0, 0.05) is 11.5 Å². The molecule has 5 heteroatoms. The maximum atomic E-state index is 12.1. The summed E-state index contributed by atoms with van der Waals surface area (Å²) in [6.45, 7) is 0. The minimum Gasteiger partial charge on any atom is -0.436 e. The second-order valence-corrected chi connectivity index (χ2v) is 6.21. The van der Waals surface area contributed by atoms with Crippen molar-refractivity contribution in [3.63, 3.8) is 0 Å². The molecule has 1 heterocycles. The van der Waals surface area contributed by atoms with E-state index in [0.29, 0.717) is 16.6 Å². The van der Waals surface area contributed by atoms with Gasteiger partial charge in [-0.3, -0.25) is 4.79 Å². The number of hydrogen-bond acceptors (Lipinski definition) is 3. The molecule has 0 radical (unpaired) electrons. The lowest BCUT2D eigenvalue weighted by Gasteiger charge is -2.24. The molecule has 0 bridgehead atoms. The zero-order valence-electron chi connectivity index (χ0n) is 12.4. The number of fused-ring (bicyclic) bond motifs is 1. The molecule has 3 aromatic rings. The molecule has 2 aromatic carbocycles. The summed E-state index contributed by atoms with van der Waals surface area (Å²) in [4.78, 5) is 16.6. The van der Waals surface area contributed by atoms with Crippen molar-refractivity contribution in [1.82, 2.24) is 4.98 Å². The largest absolute Gasteiger partial charge is 0.436 e. The van der Waals surface area contributed by atoms with Gasteiger partial charge in [-0.2, -0.15) is 0 Å². The number of halogens is 1. The number of nitrogens with zero attached hydrogens (tertiary/aromatic N) is 1. The fourth-order valence-electron chi connectivity index (χ4n) is 2.66. The third-order valence-electron chi connectivity index (χ3n) is 4.24. The van der Waals surface area contributed by atoms with Gasteiger partial charge in [0.1, 0.15) is 5.52 Å². The Bertz CT molecular complexity index is 851. The number of para-hydroxylation sites is 2. The summed E-state index contributed by atoms with van der Waals surface area (Å²) >= 11 is 6.21. The first-order valence-corrected chi connectivity index (χ1v) is 8.05. The standard InChI is InChI=1S/C18H15ClN2O2/c19-13-9-8-12(10-15(13)20-17(22)11-4-3-5-11)18-21-14-6-1-2-7-16(14)23-18/h1-2,6-11H,3-5H2,(H,20,22). The normalized spacial score (nSPS) is 14.7. The van der Waals surface area contributed by atoms with Crippen molar-refractivity contribution in [1.29, 1.82) is 0 Å². The third-order valence-corrected chi connectivity index (χ3v) is 4.57. The van der Waals surface area contributed by atoms with E-state index in [9.17, 15) is 4.79 Å². The smallest absolute Gasteiger partial charge is 0.227 e. The Hall–Kier alpha value is -2.33. The van der Waals surface area contributed by atoms with Crippen LogP contribution < -0.4 is 5.32 Å². The molecule has 1 aliphatic rings. The summed E-state index contributed by atoms with van der Waals surface area (Å²) in [6, 6.07) is 13.0. The monoisotopic (exact) mass is 326 g/mol. The summed E-state index contributed by atoms with van der Waals surface area (Å²) in [5.41, 5.74) is 2.92. The Balaban J connectivity index is 1.66. The van der Waals surface area contributed by atoms with Crippen LogP contribution in [0.15, 0.2) is 46.9 Å². The van der Waals surface area contributed by atoms with Crippen LogP contribution in [-0.2, 0) is 4.79 Å². The van der Waals surface area contributed by atoms with E-state index in [1.807, 2.05) is 36.4 Å². The molecule has 1 aromatic heterocycles. The maximum absolute atomic E-state index is 12.1. The lowest BCUT2D eigenvalue weighted by molar-refractivity contribution is -0.122. The fraction of sp³-hybridized carbons (Fsp3) is 0.222. The van der Waals surface area contributed by atoms with Crippen LogP contribution in [0.1, 0.15) is 19.3 Å². The van der Waals surface area contributed by atoms with Crippen molar-refractivity contribution >= 4 is 34.3 Å². The lowest BCUT2D eigenvalue weighted by atomic mass is 9.85. The minimum absolute atomic E-state index is 0.0351. The number of nitrogens with one attached hydrogen (secondary N) is 1. The molecule has 1 saturated carbocycles. The van der Waals surface area contributed by atoms with Crippen LogP contribution in [0.2, 0.25) is 5.02 Å². The van der Waals surface area contributed by atoms with Crippen molar-refractivity contribution in [3.8, 4) is 11.5 Å². The number of benzene rings is 2. The van der Waals surface area contributed by atoms with Gasteiger partial charge in [-0.1, -0.05) is 30.2 Å². The fourth-order valence-corrected chi connectivity index (χ4v) is 2.82. The molecule has 0 aliphatic heterocycles. The molecular weight excluding hydrogens is 312 g/mol. The first kappa shape index (κ1) is 14.3. The topological polar surface area (TPSA) is 55.1 Å². The molecule has 0 saturated heterocycles. The summed E-state index contributed by atoms with van der Waals surface area (Å²) in [6.07, 6.45) is 3.03. The number of carbonyl (C=O) groups is 1. The summed E-state index contributed by atoms with van der Waals surface area (Å²) < 4.78 is 5.77. The van der Waals surface area contributed by atoms with Crippen LogP contribution in [0.4, 0.5) is 5.69 Å². The van der Waals surface area contributed by atoms with Crippen LogP contribution in [0.5, 0.6) is 0 Å². The summed E-state index contributed by atoms with van der Waals surface area (Å²) in [5, 5.41) is 3.43. The van der Waals surface area contributed by atoms with Crippen LogP contribution in [0.3, 0.4) is 0 Å². The van der Waals surface area contributed by atoms with Gasteiger partial charge in [-0.25, -0.2) is 4.98 Å². The highest BCUT2D eigenvalue weighted by Gasteiger charge is 2.25. The van der Waals surface area contributed by atoms with E-state index >= 15 is 0 Å². The van der Waals surface area contributed by atoms with Crippen LogP contribution >= 0.6 is 11.6 Å². The molecule has 0 unspecified atom stereocenters. The van der Waals surface area contributed by atoms with Gasteiger partial charge < -0.3 is 9.73 Å². The highest BCUT2D eigenvalue weighted by molar-refractivity contribution is 6.33. The molecule has 4 rings (SSSR count). The van der Waals surface area contributed by atoms with E-state index in [0.717, 1.165) is 35.9 Å². The molecular formula is C18H15ClN2O2. The zero-order valence-corrected chi connectivity index (χ0v) is 13.1. The van der Waals surface area contributed by atoms with Crippen molar-refractivity contribution in [2.45, 2.75) is 19.3 Å². The van der Waals surface area contributed by atoms with E-state index in [1.54, 1.807) is 6.07 Å². The highest BCUT2D eigenvalue weighted by Crippen LogP contribution is 2.32. The van der Waals surface area contributed by atoms with Crippen molar-refractivity contribution in [3.05, 3.63) is 47.5 Å². The molecule has 23 heavy (non-hydrogen) atoms. The first-order chi connectivity index (χ1) is 11.2. The molecule has 0 spiro atoms. The third kappa shape index (κ3) is 2.70. The van der Waals surface area contributed by atoms with Crippen LogP contribution in [0, 0.1) is 5.92 Å². The van der Waals surface area contributed by atoms with Crippen LogP contribution in [-0.4, -0.2) is 10.9 Å². The van der Waals surface area contributed by atoms with Crippen molar-refractivity contribution in [2.75, 3.05) is 5.32 Å². The van der Waals surface area contributed by atoms with E-state index in [1.165, 1.54) is 0 Å². The quantitative estimate of drug-likeness (QED) is 0.745. The van der Waals surface area contributed by atoms with Gasteiger partial charge in [0.25, 0.3) is 0 Å². The Morgan fingerprint density at radius 1 is 1.22 bits per heavy atom. The van der Waals surface area contributed by atoms with E-state index in [-0.39, 0.29) is 11.8 Å². The Morgan fingerprint density at radius 2 is 2.04 bits per heavy atom. The van der Waals surface area contributed by atoms with Gasteiger partial charge in [0.15, 0.2) is 5.58 Å². The molecule has 1 amide bonds. The van der Waals surface area contributed by atoms with Crippen molar-refractivity contribution < 1.29 is 9.21 Å². The summed E-state index contributed by atoms with van der Waals surface area (Å²) in [5.74, 6) is 0.661. The highest BCUT2D eigenvalue weighted by atomic mass is 35.5. The Morgan fingerprint density at radius 3 is 2.78 bits per heavy atom. The Kier molecular flexibility index (Phi) is 3.54. The van der Waals surface area contributed by atoms with Gasteiger partial charge in [0.2, 0.25) is 11.8 Å². The predicted molar refractivity (Wildman–Crippen MR) is 90.4 cm³/mol. The predicted octanol–water partition coefficient (Wildman–Crippen LogP) is 4.89. The average molecular weight is 327 g/mol. The lowest BCUT2D eigenvalue weighted by Crippen LogP contribution is -2.28. The van der Waals surface area contributed by atoms with E-state index in [2.05, 4.69) is 10.3 Å². The molecule has 0 atom stereocenters. The molecule has 1 aliphatic carbocycles. The van der Waals surface area contributed by atoms with Gasteiger partial charge >= 0.3 is 0 Å². The van der Waals surface area contributed by atoms with E-state index in [4.69, 9.17) is 16.0 Å². The SMILES string of the molecule is O=C(Nc1cc(-c2nc3ccccc3o2)ccc1Cl)C1CCC1. The second kappa shape index (κ2) is 5.70. The number of oxazole rings is 1. The van der Waals surface area contributed by atoms with Crippen LogP contribution in [0.25, 0.3) is 22.6 Å². The molecule has 116 valence electrons. The average Bonchev–Trinajstić information content (AvgIpc) is 2.91. The number of hydrogen-bond donors (Lipinski definition) is 1. The van der Waals surface area contributed by atoms with Gasteiger partial charge in [-0.15, -0.1) is 0 Å². The summed E-state index contributed by atoms with van der Waals surface area (Å²) in [7, 11) is 0. The minimum atomic E-state index is 0.0351. The zero-order chi connectivity index (χ0) is 15.8. The van der Waals surface area contributed by atoms with Crippen molar-refractivity contribution in [2.24, 2.45) is 5.92 Å². The Labute approximate surface area is 138 Å². The number of rotatable bonds is 3. The van der Waals surface area contributed by atoms with Gasteiger partial charge in [0.05, 0.1) is 10.7 Å². The number of carbonyl (C=O) groups excluding carboxylic acids is 1. The molecule has 1 fully saturated rings. The number of aromatic nitrogens is 1. The van der Waals surface area contributed by atoms with E-state index < -0.39 is 0 Å².